The van der Waals surface area contributed by atoms with Crippen LogP contribution in [-0.2, 0) is 11.4 Å². The molecule has 4 nitrogen and oxygen atoms in total. The molecule has 0 fully saturated rings. The van der Waals surface area contributed by atoms with Crippen molar-refractivity contribution >= 4 is 0 Å². The lowest BCUT2D eigenvalue weighted by molar-refractivity contribution is 0.124. The molecule has 4 heteroatoms. The lowest BCUT2D eigenvalue weighted by atomic mass is 10.1. The van der Waals surface area contributed by atoms with E-state index < -0.39 is 0 Å². The van der Waals surface area contributed by atoms with Crippen LogP contribution in [0.15, 0.2) is 12.1 Å². The summed E-state index contributed by atoms with van der Waals surface area (Å²) in [6.07, 6.45) is 0. The van der Waals surface area contributed by atoms with Gasteiger partial charge in [-0.05, 0) is 30.2 Å². The van der Waals surface area contributed by atoms with Crippen molar-refractivity contribution in [3.8, 4) is 11.8 Å². The molecule has 68 valence electrons. The van der Waals surface area contributed by atoms with Gasteiger partial charge in [-0.15, -0.1) is 0 Å². The summed E-state index contributed by atoms with van der Waals surface area (Å²) < 4.78 is 0. The van der Waals surface area contributed by atoms with Gasteiger partial charge in [-0.2, -0.15) is 5.26 Å². The molecule has 3 N–H and O–H groups in total. The van der Waals surface area contributed by atoms with Crippen molar-refractivity contribution in [3.05, 3.63) is 28.8 Å². The zero-order valence-electron chi connectivity index (χ0n) is 7.24. The third-order valence-electron chi connectivity index (χ3n) is 1.73. The highest BCUT2D eigenvalue weighted by Crippen LogP contribution is 2.23. The van der Waals surface area contributed by atoms with Gasteiger partial charge in [0.2, 0.25) is 0 Å². The fourth-order valence-corrected chi connectivity index (χ4v) is 1.12. The number of nitriles is 1. The van der Waals surface area contributed by atoms with Crippen molar-refractivity contribution in [1.29, 1.82) is 5.26 Å². The first-order valence-electron chi connectivity index (χ1n) is 3.73. The predicted octanol–water partition coefficient (Wildman–Crippen LogP) is 0.963. The second-order valence-electron chi connectivity index (χ2n) is 2.73. The topological polar surface area (TPSA) is 79.3 Å². The van der Waals surface area contributed by atoms with Crippen LogP contribution < -0.4 is 5.90 Å². The van der Waals surface area contributed by atoms with E-state index in [2.05, 4.69) is 4.84 Å². The van der Waals surface area contributed by atoms with E-state index in [1.54, 1.807) is 19.1 Å². The number of aromatic hydroxyl groups is 1. The van der Waals surface area contributed by atoms with E-state index in [-0.39, 0.29) is 17.9 Å². The van der Waals surface area contributed by atoms with Crippen molar-refractivity contribution in [3.63, 3.8) is 0 Å². The Hall–Kier alpha value is -1.57. The minimum Gasteiger partial charge on any atom is -0.506 e. The Balaban J connectivity index is 3.16. The Bertz CT molecular complexity index is 355. The summed E-state index contributed by atoms with van der Waals surface area (Å²) in [6, 6.07) is 5.16. The van der Waals surface area contributed by atoms with E-state index in [1.807, 2.05) is 6.07 Å². The predicted molar refractivity (Wildman–Crippen MR) is 46.5 cm³/mol. The lowest BCUT2D eigenvalue weighted by Crippen LogP contribution is -1.99. The van der Waals surface area contributed by atoms with E-state index in [0.29, 0.717) is 5.56 Å². The quantitative estimate of drug-likeness (QED) is 0.661. The Labute approximate surface area is 76.1 Å². The first-order valence-corrected chi connectivity index (χ1v) is 3.73. The van der Waals surface area contributed by atoms with Gasteiger partial charge in [-0.25, -0.2) is 5.90 Å². The average molecular weight is 178 g/mol. The average Bonchev–Trinajstić information content (AvgIpc) is 2.11. The molecule has 0 aliphatic heterocycles. The monoisotopic (exact) mass is 178 g/mol. The van der Waals surface area contributed by atoms with Crippen LogP contribution in [0.25, 0.3) is 0 Å². The highest BCUT2D eigenvalue weighted by atomic mass is 16.6. The highest BCUT2D eigenvalue weighted by Gasteiger charge is 2.05. The standard InChI is InChI=1S/C9H10N2O2/c1-6-2-7(5-13-11)3-8(4-10)9(6)12/h2-3,12H,5,11H2,1H3. The first kappa shape index (κ1) is 9.52. The molecule has 0 bridgehead atoms. The maximum absolute atomic E-state index is 9.40. The fourth-order valence-electron chi connectivity index (χ4n) is 1.12. The number of rotatable bonds is 2. The molecule has 0 aliphatic rings. The third kappa shape index (κ3) is 1.96. The summed E-state index contributed by atoms with van der Waals surface area (Å²) in [5, 5.41) is 18.0. The minimum atomic E-state index is 0.0169. The molecule has 0 saturated carbocycles. The summed E-state index contributed by atoms with van der Waals surface area (Å²) in [5.41, 5.74) is 1.66. The van der Waals surface area contributed by atoms with Crippen LogP contribution in [0, 0.1) is 18.3 Å². The molecule has 0 unspecified atom stereocenters. The SMILES string of the molecule is Cc1cc(CON)cc(C#N)c1O. The molecular formula is C9H10N2O2. The molecule has 0 amide bonds. The van der Waals surface area contributed by atoms with Gasteiger partial charge in [0.15, 0.2) is 0 Å². The number of phenolic OH excluding ortho intramolecular Hbond substituents is 1. The number of nitrogens with zero attached hydrogens (tertiary/aromatic N) is 1. The molecule has 0 saturated heterocycles. The first-order chi connectivity index (χ1) is 6.19. The molecule has 0 atom stereocenters. The molecule has 0 heterocycles. The lowest BCUT2D eigenvalue weighted by Gasteiger charge is -2.04. The summed E-state index contributed by atoms with van der Waals surface area (Å²) in [4.78, 5) is 4.43. The normalized spacial score (nSPS) is 9.62. The molecular weight excluding hydrogens is 168 g/mol. The van der Waals surface area contributed by atoms with Gasteiger partial charge in [-0.3, -0.25) is 4.84 Å². The van der Waals surface area contributed by atoms with Crippen LogP contribution in [0.5, 0.6) is 5.75 Å². The van der Waals surface area contributed by atoms with Gasteiger partial charge in [-0.1, -0.05) is 0 Å². The number of nitrogens with two attached hydrogens (primary N) is 1. The smallest absolute Gasteiger partial charge is 0.136 e. The Kier molecular flexibility index (Phi) is 2.85. The van der Waals surface area contributed by atoms with Crippen LogP contribution in [0.3, 0.4) is 0 Å². The number of hydrogen-bond acceptors (Lipinski definition) is 4. The van der Waals surface area contributed by atoms with Crippen molar-refractivity contribution in [2.75, 3.05) is 0 Å². The van der Waals surface area contributed by atoms with Gasteiger partial charge >= 0.3 is 0 Å². The van der Waals surface area contributed by atoms with Crippen molar-refractivity contribution in [2.45, 2.75) is 13.5 Å². The largest absolute Gasteiger partial charge is 0.506 e. The highest BCUT2D eigenvalue weighted by molar-refractivity contribution is 5.49. The van der Waals surface area contributed by atoms with Crippen LogP contribution >= 0.6 is 0 Å². The van der Waals surface area contributed by atoms with Crippen LogP contribution in [0.4, 0.5) is 0 Å². The second kappa shape index (κ2) is 3.90. The number of phenols is 1. The summed E-state index contributed by atoms with van der Waals surface area (Å²) in [5.74, 6) is 4.91. The zero-order valence-corrected chi connectivity index (χ0v) is 7.24. The molecule has 0 aliphatic carbocycles. The summed E-state index contributed by atoms with van der Waals surface area (Å²) in [7, 11) is 0. The summed E-state index contributed by atoms with van der Waals surface area (Å²) >= 11 is 0. The maximum Gasteiger partial charge on any atom is 0.136 e. The third-order valence-corrected chi connectivity index (χ3v) is 1.73. The number of hydrogen-bond donors (Lipinski definition) is 2. The van der Waals surface area contributed by atoms with Gasteiger partial charge in [0.1, 0.15) is 11.8 Å². The zero-order chi connectivity index (χ0) is 9.84. The molecule has 13 heavy (non-hydrogen) atoms. The molecule has 1 rings (SSSR count). The molecule has 1 aromatic carbocycles. The van der Waals surface area contributed by atoms with Gasteiger partial charge in [0.25, 0.3) is 0 Å². The van der Waals surface area contributed by atoms with Gasteiger partial charge in [0.05, 0.1) is 12.2 Å². The van der Waals surface area contributed by atoms with Crippen LogP contribution in [-0.4, -0.2) is 5.11 Å². The molecule has 0 aromatic heterocycles. The Morgan fingerprint density at radius 3 is 2.85 bits per heavy atom. The minimum absolute atomic E-state index is 0.0169. The van der Waals surface area contributed by atoms with Crippen LogP contribution in [0.2, 0.25) is 0 Å². The van der Waals surface area contributed by atoms with E-state index >= 15 is 0 Å². The van der Waals surface area contributed by atoms with Gasteiger partial charge in [0, 0.05) is 0 Å². The second-order valence-corrected chi connectivity index (χ2v) is 2.73. The van der Waals surface area contributed by atoms with E-state index in [9.17, 15) is 5.11 Å². The Morgan fingerprint density at radius 1 is 1.62 bits per heavy atom. The van der Waals surface area contributed by atoms with E-state index in [4.69, 9.17) is 11.2 Å². The van der Waals surface area contributed by atoms with Crippen molar-refractivity contribution in [2.24, 2.45) is 5.90 Å². The fraction of sp³-hybridized carbons (Fsp3) is 0.222. The Morgan fingerprint density at radius 2 is 2.31 bits per heavy atom. The van der Waals surface area contributed by atoms with Crippen molar-refractivity contribution in [1.82, 2.24) is 0 Å². The van der Waals surface area contributed by atoms with Crippen molar-refractivity contribution < 1.29 is 9.94 Å². The molecule has 1 aromatic rings. The molecule has 0 spiro atoms. The maximum atomic E-state index is 9.40. The summed E-state index contributed by atoms with van der Waals surface area (Å²) in [6.45, 7) is 1.95. The van der Waals surface area contributed by atoms with E-state index in [0.717, 1.165) is 5.56 Å². The van der Waals surface area contributed by atoms with Crippen LogP contribution in [0.1, 0.15) is 16.7 Å². The van der Waals surface area contributed by atoms with Gasteiger partial charge < -0.3 is 5.11 Å². The van der Waals surface area contributed by atoms with E-state index in [1.165, 1.54) is 0 Å². The number of benzene rings is 1. The number of aryl methyl sites for hydroxylation is 1. The molecule has 0 radical (unpaired) electrons.